The van der Waals surface area contributed by atoms with Gasteiger partial charge in [0, 0.05) is 49.3 Å². The number of sulfonamides is 1. The van der Waals surface area contributed by atoms with Gasteiger partial charge in [0.1, 0.15) is 18.4 Å². The van der Waals surface area contributed by atoms with Gasteiger partial charge in [0.25, 0.3) is 0 Å². The van der Waals surface area contributed by atoms with Gasteiger partial charge in [-0.1, -0.05) is 54.6 Å². The van der Waals surface area contributed by atoms with Crippen LogP contribution in [0, 0.1) is 0 Å². The molecule has 2 amide bonds. The Bertz CT molecular complexity index is 1620. The van der Waals surface area contributed by atoms with E-state index in [1.54, 1.807) is 41.4 Å². The number of ether oxygens (including phenoxy) is 1. The van der Waals surface area contributed by atoms with Crippen molar-refractivity contribution in [2.45, 2.75) is 24.0 Å². The first-order valence-corrected chi connectivity index (χ1v) is 14.7. The number of rotatable bonds is 8. The highest BCUT2D eigenvalue weighted by atomic mass is 32.2. The predicted molar refractivity (Wildman–Crippen MR) is 152 cm³/mol. The van der Waals surface area contributed by atoms with E-state index >= 15 is 0 Å². The normalized spacial score (nSPS) is 14.5. The lowest BCUT2D eigenvalue weighted by atomic mass is 10.0. The van der Waals surface area contributed by atoms with Crippen molar-refractivity contribution in [2.75, 3.05) is 26.2 Å². The number of aromatic hydroxyl groups is 1. The highest BCUT2D eigenvalue weighted by molar-refractivity contribution is 7.89. The largest absolute Gasteiger partial charge is 0.508 e. The van der Waals surface area contributed by atoms with Gasteiger partial charge in [-0.3, -0.25) is 9.78 Å². The van der Waals surface area contributed by atoms with Gasteiger partial charge in [0.05, 0.1) is 4.90 Å². The molecule has 4 aromatic rings. The summed E-state index contributed by atoms with van der Waals surface area (Å²) in [5.74, 6) is -0.335. The van der Waals surface area contributed by atoms with Crippen molar-refractivity contribution in [1.82, 2.24) is 19.5 Å². The van der Waals surface area contributed by atoms with Crippen molar-refractivity contribution in [3.8, 4) is 5.75 Å². The Morgan fingerprint density at radius 2 is 1.59 bits per heavy atom. The Morgan fingerprint density at radius 1 is 0.878 bits per heavy atom. The molecule has 0 saturated carbocycles. The smallest absolute Gasteiger partial charge is 0.410 e. The molecule has 11 heteroatoms. The molecule has 212 valence electrons. The summed E-state index contributed by atoms with van der Waals surface area (Å²) in [4.78, 5) is 33.5. The Morgan fingerprint density at radius 3 is 2.32 bits per heavy atom. The van der Waals surface area contributed by atoms with E-state index in [0.717, 1.165) is 5.56 Å². The van der Waals surface area contributed by atoms with E-state index in [4.69, 9.17) is 4.74 Å². The van der Waals surface area contributed by atoms with Crippen molar-refractivity contribution in [3.05, 3.63) is 102 Å². The summed E-state index contributed by atoms with van der Waals surface area (Å²) >= 11 is 0. The molecule has 1 aliphatic rings. The Hall–Kier alpha value is -4.48. The lowest BCUT2D eigenvalue weighted by molar-refractivity contribution is -0.134. The molecule has 1 saturated heterocycles. The molecular weight excluding hydrogens is 544 g/mol. The number of benzene rings is 3. The highest BCUT2D eigenvalue weighted by Gasteiger charge is 2.33. The molecule has 0 bridgehead atoms. The maximum absolute atomic E-state index is 13.7. The number of fused-ring (bicyclic) bond motifs is 1. The van der Waals surface area contributed by atoms with Crippen LogP contribution in [0.15, 0.2) is 96.2 Å². The van der Waals surface area contributed by atoms with Crippen LogP contribution in [-0.4, -0.2) is 72.5 Å². The number of nitrogens with zero attached hydrogens (tertiary/aromatic N) is 3. The fraction of sp³-hybridized carbons (Fsp3) is 0.233. The van der Waals surface area contributed by atoms with E-state index in [9.17, 15) is 23.1 Å². The quantitative estimate of drug-likeness (QED) is 0.330. The Labute approximate surface area is 238 Å². The molecule has 1 unspecified atom stereocenters. The number of pyridine rings is 1. The summed E-state index contributed by atoms with van der Waals surface area (Å²) in [5.41, 5.74) is 1.55. The van der Waals surface area contributed by atoms with Crippen LogP contribution in [0.2, 0.25) is 0 Å². The summed E-state index contributed by atoms with van der Waals surface area (Å²) in [7, 11) is -4.12. The van der Waals surface area contributed by atoms with Gasteiger partial charge in [-0.2, -0.15) is 4.72 Å². The topological polar surface area (TPSA) is 129 Å². The lowest BCUT2D eigenvalue weighted by Crippen LogP contribution is -2.56. The summed E-state index contributed by atoms with van der Waals surface area (Å²) in [5, 5.41) is 10.8. The van der Waals surface area contributed by atoms with Gasteiger partial charge >= 0.3 is 6.09 Å². The van der Waals surface area contributed by atoms with Crippen molar-refractivity contribution in [1.29, 1.82) is 0 Å². The van der Waals surface area contributed by atoms with Crippen molar-refractivity contribution < 1.29 is 27.9 Å². The van der Waals surface area contributed by atoms with Crippen LogP contribution in [0.3, 0.4) is 0 Å². The van der Waals surface area contributed by atoms with Gasteiger partial charge in [0.2, 0.25) is 15.9 Å². The van der Waals surface area contributed by atoms with Gasteiger partial charge in [-0.25, -0.2) is 13.2 Å². The van der Waals surface area contributed by atoms with Gasteiger partial charge in [-0.15, -0.1) is 0 Å². The monoisotopic (exact) mass is 574 g/mol. The fourth-order valence-corrected chi connectivity index (χ4v) is 6.18. The van der Waals surface area contributed by atoms with Crippen LogP contribution < -0.4 is 4.72 Å². The highest BCUT2D eigenvalue weighted by Crippen LogP contribution is 2.23. The molecule has 1 aromatic heterocycles. The first-order chi connectivity index (χ1) is 19.8. The number of phenols is 1. The minimum Gasteiger partial charge on any atom is -0.508 e. The van der Waals surface area contributed by atoms with E-state index in [1.165, 1.54) is 29.3 Å². The van der Waals surface area contributed by atoms with Gasteiger partial charge in [0.15, 0.2) is 0 Å². The third-order valence-corrected chi connectivity index (χ3v) is 8.49. The van der Waals surface area contributed by atoms with Crippen LogP contribution in [0.1, 0.15) is 11.1 Å². The number of aromatic nitrogens is 1. The molecule has 1 fully saturated rings. The molecule has 5 rings (SSSR count). The number of carbonyl (C=O) groups is 2. The third kappa shape index (κ3) is 6.82. The number of hydrogen-bond donors (Lipinski definition) is 2. The zero-order valence-corrected chi connectivity index (χ0v) is 23.0. The maximum Gasteiger partial charge on any atom is 0.410 e. The van der Waals surface area contributed by atoms with E-state index in [-0.39, 0.29) is 49.9 Å². The fourth-order valence-electron chi connectivity index (χ4n) is 4.77. The number of hydrogen-bond acceptors (Lipinski definition) is 7. The zero-order chi connectivity index (χ0) is 28.8. The average Bonchev–Trinajstić information content (AvgIpc) is 3.00. The Balaban J connectivity index is 1.30. The van der Waals surface area contributed by atoms with Crippen molar-refractivity contribution >= 4 is 32.8 Å². The summed E-state index contributed by atoms with van der Waals surface area (Å²) < 4.78 is 35.3. The molecule has 0 aliphatic carbocycles. The third-order valence-electron chi connectivity index (χ3n) is 6.96. The van der Waals surface area contributed by atoms with Crippen LogP contribution in [0.5, 0.6) is 5.75 Å². The number of carbonyl (C=O) groups excluding carboxylic acids is 2. The van der Waals surface area contributed by atoms with Gasteiger partial charge in [-0.05, 0) is 41.8 Å². The number of amides is 2. The van der Waals surface area contributed by atoms with Crippen molar-refractivity contribution in [2.24, 2.45) is 0 Å². The predicted octanol–water partition coefficient (Wildman–Crippen LogP) is 3.31. The molecule has 0 spiro atoms. The first-order valence-electron chi connectivity index (χ1n) is 13.2. The first kappa shape index (κ1) is 28.1. The molecule has 1 aliphatic heterocycles. The van der Waals surface area contributed by atoms with E-state index in [1.807, 2.05) is 30.3 Å². The second kappa shape index (κ2) is 12.4. The summed E-state index contributed by atoms with van der Waals surface area (Å²) in [6, 6.07) is 21.0. The summed E-state index contributed by atoms with van der Waals surface area (Å²) in [6.45, 7) is 1.13. The maximum atomic E-state index is 13.7. The Kier molecular flexibility index (Phi) is 8.46. The van der Waals surface area contributed by atoms with Crippen LogP contribution in [0.4, 0.5) is 4.79 Å². The van der Waals surface area contributed by atoms with Crippen LogP contribution in [-0.2, 0) is 32.6 Å². The zero-order valence-electron chi connectivity index (χ0n) is 22.2. The average molecular weight is 575 g/mol. The van der Waals surface area contributed by atoms with Gasteiger partial charge < -0.3 is 19.6 Å². The second-order valence-electron chi connectivity index (χ2n) is 9.75. The molecular formula is C30H30N4O6S. The van der Waals surface area contributed by atoms with Crippen molar-refractivity contribution in [3.63, 3.8) is 0 Å². The SMILES string of the molecule is O=C(OCc1ccccc1)N1CCN(C(=O)C(Cc2ccc(O)cc2)NS(=O)(=O)c2cccc3cnccc23)CC1. The minimum atomic E-state index is -4.12. The van der Waals surface area contributed by atoms with E-state index in [0.29, 0.717) is 16.3 Å². The molecule has 0 radical (unpaired) electrons. The number of nitrogens with one attached hydrogen (secondary N) is 1. The minimum absolute atomic E-state index is 0.0480. The second-order valence-corrected chi connectivity index (χ2v) is 11.4. The molecule has 2 N–H and O–H groups in total. The standard InChI is InChI=1S/C30H30N4O6S/c35-25-11-9-22(10-12-25)19-27(32-41(38,39)28-8-4-7-24-20-31-14-13-26(24)28)29(36)33-15-17-34(18-16-33)30(37)40-21-23-5-2-1-3-6-23/h1-14,20,27,32,35H,15-19,21H2. The molecule has 10 nitrogen and oxygen atoms in total. The lowest BCUT2D eigenvalue weighted by Gasteiger charge is -2.36. The van der Waals surface area contributed by atoms with Crippen LogP contribution >= 0.6 is 0 Å². The summed E-state index contributed by atoms with van der Waals surface area (Å²) in [6.07, 6.45) is 2.71. The molecule has 41 heavy (non-hydrogen) atoms. The van der Waals surface area contributed by atoms with E-state index < -0.39 is 28.1 Å². The number of phenolic OH excluding ortho intramolecular Hbond substituents is 1. The number of piperazine rings is 1. The molecule has 1 atom stereocenters. The molecule has 3 aromatic carbocycles. The van der Waals surface area contributed by atoms with E-state index in [2.05, 4.69) is 9.71 Å². The molecule has 2 heterocycles. The van der Waals surface area contributed by atoms with Crippen LogP contribution in [0.25, 0.3) is 10.8 Å².